The number of hydrogen-bond donors (Lipinski definition) is 3. The van der Waals surface area contributed by atoms with Crippen molar-refractivity contribution in [2.75, 3.05) is 0 Å². The highest BCUT2D eigenvalue weighted by atomic mass is 16.3. The number of phenols is 1. The summed E-state index contributed by atoms with van der Waals surface area (Å²) in [6.07, 6.45) is 1.40. The number of fused-ring (bicyclic) bond motifs is 1. The van der Waals surface area contributed by atoms with Gasteiger partial charge in [-0.1, -0.05) is 36.4 Å². The Bertz CT molecular complexity index is 1180. The van der Waals surface area contributed by atoms with Crippen LogP contribution in [0.4, 0.5) is 0 Å². The number of rotatable bonds is 4. The maximum atomic E-state index is 12.2. The highest BCUT2D eigenvalue weighted by molar-refractivity contribution is 5.95. The zero-order valence-corrected chi connectivity index (χ0v) is 15.2. The first kappa shape index (κ1) is 17.5. The van der Waals surface area contributed by atoms with E-state index in [-0.39, 0.29) is 11.7 Å². The fourth-order valence-corrected chi connectivity index (χ4v) is 2.91. The van der Waals surface area contributed by atoms with Crippen LogP contribution in [0.1, 0.15) is 21.5 Å². The number of para-hydroxylation sites is 2. The van der Waals surface area contributed by atoms with E-state index < -0.39 is 0 Å². The standard InChI is InChI=1S/C22H18N4O2/c1-14-5-4-7-18-20(14)25-21(24-18)15-9-11-16(12-10-15)22(28)26-23-13-17-6-2-3-8-19(17)27/h2-13,27H,1H3,(H,24,25)(H,26,28)/b23-13+. The summed E-state index contributed by atoms with van der Waals surface area (Å²) in [5, 5.41) is 13.6. The molecule has 0 saturated carbocycles. The summed E-state index contributed by atoms with van der Waals surface area (Å²) >= 11 is 0. The number of aryl methyl sites for hydroxylation is 1. The number of hydrazone groups is 1. The van der Waals surface area contributed by atoms with Crippen molar-refractivity contribution >= 4 is 23.2 Å². The van der Waals surface area contributed by atoms with Gasteiger partial charge < -0.3 is 10.1 Å². The average Bonchev–Trinajstić information content (AvgIpc) is 3.15. The second-order valence-corrected chi connectivity index (χ2v) is 6.39. The van der Waals surface area contributed by atoms with E-state index in [9.17, 15) is 9.90 Å². The fraction of sp³-hybridized carbons (Fsp3) is 0.0455. The fourth-order valence-electron chi connectivity index (χ4n) is 2.91. The molecule has 138 valence electrons. The summed E-state index contributed by atoms with van der Waals surface area (Å²) in [6, 6.07) is 19.9. The van der Waals surface area contributed by atoms with Gasteiger partial charge in [-0.3, -0.25) is 4.79 Å². The average molecular weight is 370 g/mol. The SMILES string of the molecule is Cc1cccc2[nH]c(-c3ccc(C(=O)N/N=C/c4ccccc4O)cc3)nc12. The van der Waals surface area contributed by atoms with E-state index >= 15 is 0 Å². The summed E-state index contributed by atoms with van der Waals surface area (Å²) in [5.74, 6) is 0.526. The van der Waals surface area contributed by atoms with E-state index in [2.05, 4.69) is 20.5 Å². The summed E-state index contributed by atoms with van der Waals surface area (Å²) in [7, 11) is 0. The number of aromatic hydroxyl groups is 1. The van der Waals surface area contributed by atoms with E-state index in [1.54, 1.807) is 36.4 Å². The summed E-state index contributed by atoms with van der Waals surface area (Å²) in [4.78, 5) is 20.2. The van der Waals surface area contributed by atoms with E-state index in [4.69, 9.17) is 0 Å². The largest absolute Gasteiger partial charge is 0.507 e. The molecule has 1 amide bonds. The highest BCUT2D eigenvalue weighted by Gasteiger charge is 2.09. The van der Waals surface area contributed by atoms with Crippen LogP contribution in [0.15, 0.2) is 71.8 Å². The molecule has 1 aromatic heterocycles. The van der Waals surface area contributed by atoms with Crippen molar-refractivity contribution in [1.29, 1.82) is 0 Å². The van der Waals surface area contributed by atoms with Crippen LogP contribution in [-0.4, -0.2) is 27.2 Å². The minimum Gasteiger partial charge on any atom is -0.507 e. The van der Waals surface area contributed by atoms with Gasteiger partial charge in [-0.25, -0.2) is 10.4 Å². The molecule has 0 fully saturated rings. The van der Waals surface area contributed by atoms with Gasteiger partial charge >= 0.3 is 0 Å². The lowest BCUT2D eigenvalue weighted by Crippen LogP contribution is -2.17. The monoisotopic (exact) mass is 370 g/mol. The first-order valence-electron chi connectivity index (χ1n) is 8.79. The molecule has 0 atom stereocenters. The molecule has 3 aromatic carbocycles. The number of aromatic amines is 1. The van der Waals surface area contributed by atoms with Crippen molar-refractivity contribution in [2.45, 2.75) is 6.92 Å². The van der Waals surface area contributed by atoms with Crippen molar-refractivity contribution in [3.8, 4) is 17.1 Å². The van der Waals surface area contributed by atoms with Crippen molar-refractivity contribution in [3.63, 3.8) is 0 Å². The zero-order valence-electron chi connectivity index (χ0n) is 15.2. The molecule has 0 radical (unpaired) electrons. The van der Waals surface area contributed by atoms with Crippen molar-refractivity contribution in [2.24, 2.45) is 5.10 Å². The van der Waals surface area contributed by atoms with Gasteiger partial charge in [0.15, 0.2) is 0 Å². The number of H-pyrrole nitrogens is 1. The Labute approximate surface area is 161 Å². The van der Waals surface area contributed by atoms with Crippen LogP contribution in [0.2, 0.25) is 0 Å². The number of nitrogens with one attached hydrogen (secondary N) is 2. The van der Waals surface area contributed by atoms with Crippen LogP contribution in [0, 0.1) is 6.92 Å². The van der Waals surface area contributed by atoms with Crippen molar-refractivity contribution < 1.29 is 9.90 Å². The molecule has 0 unspecified atom stereocenters. The second kappa shape index (κ2) is 7.36. The number of carbonyl (C=O) groups is 1. The van der Waals surface area contributed by atoms with E-state index in [1.165, 1.54) is 6.21 Å². The summed E-state index contributed by atoms with van der Waals surface area (Å²) < 4.78 is 0. The molecule has 0 aliphatic heterocycles. The lowest BCUT2D eigenvalue weighted by Gasteiger charge is -2.02. The Kier molecular flexibility index (Phi) is 4.60. The highest BCUT2D eigenvalue weighted by Crippen LogP contribution is 2.22. The predicted octanol–water partition coefficient (Wildman–Crippen LogP) is 4.01. The minimum atomic E-state index is -0.335. The molecule has 0 aliphatic rings. The lowest BCUT2D eigenvalue weighted by atomic mass is 10.1. The number of aromatic nitrogens is 2. The molecule has 6 nitrogen and oxygen atoms in total. The molecule has 0 bridgehead atoms. The molecule has 4 rings (SSSR count). The summed E-state index contributed by atoms with van der Waals surface area (Å²) in [5.41, 5.74) is 7.39. The molecule has 4 aromatic rings. The molecule has 0 aliphatic carbocycles. The Morgan fingerprint density at radius 2 is 1.86 bits per heavy atom. The van der Waals surface area contributed by atoms with Gasteiger partial charge in [-0.15, -0.1) is 0 Å². The molecular formula is C22H18N4O2. The Hall–Kier alpha value is -3.93. The molecule has 0 spiro atoms. The van der Waals surface area contributed by atoms with Crippen LogP contribution in [0.3, 0.4) is 0 Å². The minimum absolute atomic E-state index is 0.103. The predicted molar refractivity (Wildman–Crippen MR) is 109 cm³/mol. The Balaban J connectivity index is 1.48. The van der Waals surface area contributed by atoms with Crippen LogP contribution in [0.25, 0.3) is 22.4 Å². The molecular weight excluding hydrogens is 352 g/mol. The third-order valence-electron chi connectivity index (χ3n) is 4.44. The van der Waals surface area contributed by atoms with Gasteiger partial charge in [0, 0.05) is 16.7 Å². The van der Waals surface area contributed by atoms with Crippen LogP contribution in [0.5, 0.6) is 5.75 Å². The molecule has 0 saturated heterocycles. The van der Waals surface area contributed by atoms with Gasteiger partial charge in [0.25, 0.3) is 5.91 Å². The number of imidazole rings is 1. The topological polar surface area (TPSA) is 90.4 Å². The van der Waals surface area contributed by atoms with Gasteiger partial charge in [-0.05, 0) is 42.8 Å². The van der Waals surface area contributed by atoms with Crippen molar-refractivity contribution in [3.05, 3.63) is 83.4 Å². The number of benzene rings is 3. The quantitative estimate of drug-likeness (QED) is 0.374. The van der Waals surface area contributed by atoms with Gasteiger partial charge in [0.05, 0.1) is 17.2 Å². The Morgan fingerprint density at radius 3 is 2.61 bits per heavy atom. The van der Waals surface area contributed by atoms with Crippen LogP contribution < -0.4 is 5.43 Å². The lowest BCUT2D eigenvalue weighted by molar-refractivity contribution is 0.0955. The third kappa shape index (κ3) is 3.48. The molecule has 3 N–H and O–H groups in total. The molecule has 1 heterocycles. The maximum absolute atomic E-state index is 12.2. The maximum Gasteiger partial charge on any atom is 0.271 e. The van der Waals surface area contributed by atoms with Crippen LogP contribution in [-0.2, 0) is 0 Å². The number of amides is 1. The zero-order chi connectivity index (χ0) is 19.5. The number of phenolic OH excluding ortho intramolecular Hbond substituents is 1. The summed E-state index contributed by atoms with van der Waals surface area (Å²) in [6.45, 7) is 2.02. The smallest absolute Gasteiger partial charge is 0.271 e. The van der Waals surface area contributed by atoms with Gasteiger partial charge in [0.2, 0.25) is 0 Å². The molecule has 6 heteroatoms. The van der Waals surface area contributed by atoms with Gasteiger partial charge in [0.1, 0.15) is 11.6 Å². The number of carbonyl (C=O) groups excluding carboxylic acids is 1. The second-order valence-electron chi connectivity index (χ2n) is 6.39. The third-order valence-corrected chi connectivity index (χ3v) is 4.44. The van der Waals surface area contributed by atoms with E-state index in [1.807, 2.05) is 37.3 Å². The van der Waals surface area contributed by atoms with E-state index in [0.29, 0.717) is 11.1 Å². The normalized spacial score (nSPS) is 11.2. The number of hydrogen-bond acceptors (Lipinski definition) is 4. The van der Waals surface area contributed by atoms with Crippen molar-refractivity contribution in [1.82, 2.24) is 15.4 Å². The first-order valence-corrected chi connectivity index (χ1v) is 8.79. The first-order chi connectivity index (χ1) is 13.6. The van der Waals surface area contributed by atoms with E-state index in [0.717, 1.165) is 28.0 Å². The van der Waals surface area contributed by atoms with Crippen LogP contribution >= 0.6 is 0 Å². The molecule has 28 heavy (non-hydrogen) atoms. The van der Waals surface area contributed by atoms with Gasteiger partial charge in [-0.2, -0.15) is 5.10 Å². The number of nitrogens with zero attached hydrogens (tertiary/aromatic N) is 2. The Morgan fingerprint density at radius 1 is 1.07 bits per heavy atom.